The van der Waals surface area contributed by atoms with Gasteiger partial charge in [0.15, 0.2) is 0 Å². The van der Waals surface area contributed by atoms with Crippen molar-refractivity contribution in [3.8, 4) is 0 Å². The highest BCUT2D eigenvalue weighted by Crippen LogP contribution is 2.20. The maximum atomic E-state index is 11.8. The summed E-state index contributed by atoms with van der Waals surface area (Å²) in [5, 5.41) is 11.2. The molecule has 0 unspecified atom stereocenters. The first-order valence-electron chi connectivity index (χ1n) is 7.19. The number of benzene rings is 1. The predicted molar refractivity (Wildman–Crippen MR) is 94.4 cm³/mol. The summed E-state index contributed by atoms with van der Waals surface area (Å²) in [6.07, 6.45) is 0. The molecule has 7 nitrogen and oxygen atoms in total. The summed E-state index contributed by atoms with van der Waals surface area (Å²) in [6, 6.07) is 6.77. The summed E-state index contributed by atoms with van der Waals surface area (Å²) in [6.45, 7) is 5.06. The van der Waals surface area contributed by atoms with E-state index in [2.05, 4.69) is 21.3 Å². The first-order chi connectivity index (χ1) is 10.5. The zero-order valence-corrected chi connectivity index (χ0v) is 14.5. The van der Waals surface area contributed by atoms with E-state index in [1.165, 1.54) is 0 Å². The van der Waals surface area contributed by atoms with Gasteiger partial charge in [-0.1, -0.05) is 12.1 Å². The third kappa shape index (κ3) is 9.02. The van der Waals surface area contributed by atoms with Crippen molar-refractivity contribution in [2.24, 2.45) is 0 Å². The highest BCUT2D eigenvalue weighted by atomic mass is 35.5. The van der Waals surface area contributed by atoms with Gasteiger partial charge in [-0.25, -0.2) is 4.79 Å². The molecule has 0 saturated heterocycles. The fourth-order valence-electron chi connectivity index (χ4n) is 1.69. The normalized spacial score (nSPS) is 9.91. The Morgan fingerprint density at radius 3 is 2.30 bits per heavy atom. The number of amides is 3. The molecule has 0 heterocycles. The number of hydrogen-bond acceptors (Lipinski definition) is 4. The van der Waals surface area contributed by atoms with Gasteiger partial charge >= 0.3 is 6.03 Å². The van der Waals surface area contributed by atoms with Crippen LogP contribution in [0.1, 0.15) is 13.8 Å². The fourth-order valence-corrected chi connectivity index (χ4v) is 1.69. The van der Waals surface area contributed by atoms with E-state index in [1.54, 1.807) is 31.4 Å². The van der Waals surface area contributed by atoms with Crippen LogP contribution in [-0.2, 0) is 9.53 Å². The lowest BCUT2D eigenvalue weighted by molar-refractivity contribution is -0.115. The molecule has 0 fully saturated rings. The largest absolute Gasteiger partial charge is 0.383 e. The van der Waals surface area contributed by atoms with Crippen LogP contribution < -0.4 is 21.3 Å². The minimum Gasteiger partial charge on any atom is -0.383 e. The molecule has 0 aromatic heterocycles. The van der Waals surface area contributed by atoms with Crippen LogP contribution in [-0.4, -0.2) is 44.8 Å². The van der Waals surface area contributed by atoms with Crippen molar-refractivity contribution in [2.75, 3.05) is 37.4 Å². The molecule has 0 atom stereocenters. The van der Waals surface area contributed by atoms with Gasteiger partial charge in [0.05, 0.1) is 24.5 Å². The zero-order valence-electron chi connectivity index (χ0n) is 13.6. The number of nitrogens with one attached hydrogen (secondary N) is 4. The molecular formula is C15H25ClN4O3. The number of hydrogen-bond donors (Lipinski definition) is 4. The van der Waals surface area contributed by atoms with Crippen LogP contribution in [0, 0.1) is 0 Å². The summed E-state index contributed by atoms with van der Waals surface area (Å²) >= 11 is 0. The van der Waals surface area contributed by atoms with Gasteiger partial charge in [-0.2, -0.15) is 0 Å². The van der Waals surface area contributed by atoms with Crippen molar-refractivity contribution in [2.45, 2.75) is 19.9 Å². The molecule has 1 aromatic carbocycles. The van der Waals surface area contributed by atoms with Crippen LogP contribution in [0.3, 0.4) is 0 Å². The van der Waals surface area contributed by atoms with E-state index in [-0.39, 0.29) is 36.9 Å². The Labute approximate surface area is 143 Å². The minimum absolute atomic E-state index is 0. The van der Waals surface area contributed by atoms with Crippen LogP contribution in [0.5, 0.6) is 0 Å². The summed E-state index contributed by atoms with van der Waals surface area (Å²) in [5.41, 5.74) is 1.10. The first-order valence-corrected chi connectivity index (χ1v) is 7.19. The minimum atomic E-state index is -0.310. The zero-order chi connectivity index (χ0) is 16.4. The molecular weight excluding hydrogens is 320 g/mol. The number of ether oxygens (including phenoxy) is 1. The summed E-state index contributed by atoms with van der Waals surface area (Å²) in [7, 11) is 1.60. The van der Waals surface area contributed by atoms with Gasteiger partial charge in [-0.15, -0.1) is 12.4 Å². The second-order valence-electron chi connectivity index (χ2n) is 5.02. The van der Waals surface area contributed by atoms with Crippen LogP contribution in [0.25, 0.3) is 0 Å². The van der Waals surface area contributed by atoms with Gasteiger partial charge in [0.25, 0.3) is 0 Å². The van der Waals surface area contributed by atoms with E-state index in [0.717, 1.165) is 0 Å². The number of anilines is 2. The number of carbonyl (C=O) groups is 2. The molecule has 0 spiro atoms. The van der Waals surface area contributed by atoms with Gasteiger partial charge in [0.1, 0.15) is 0 Å². The van der Waals surface area contributed by atoms with Crippen LogP contribution >= 0.6 is 12.4 Å². The number of halogens is 1. The Balaban J connectivity index is 0.00000484. The van der Waals surface area contributed by atoms with Crippen molar-refractivity contribution in [1.82, 2.24) is 10.6 Å². The number of para-hydroxylation sites is 2. The van der Waals surface area contributed by atoms with Crippen molar-refractivity contribution < 1.29 is 14.3 Å². The quantitative estimate of drug-likeness (QED) is 0.541. The Morgan fingerprint density at radius 1 is 1.13 bits per heavy atom. The molecule has 8 heteroatoms. The molecule has 130 valence electrons. The molecule has 0 radical (unpaired) electrons. The summed E-state index contributed by atoms with van der Waals surface area (Å²) in [4.78, 5) is 23.6. The van der Waals surface area contributed by atoms with E-state index in [9.17, 15) is 9.59 Å². The van der Waals surface area contributed by atoms with E-state index >= 15 is 0 Å². The Hall–Kier alpha value is -1.83. The SMILES string of the molecule is COCCNCC(=O)Nc1ccccc1NC(=O)NC(C)C.Cl. The lowest BCUT2D eigenvalue weighted by Crippen LogP contribution is -2.34. The molecule has 0 saturated carbocycles. The number of methoxy groups -OCH3 is 1. The molecule has 0 aliphatic rings. The van der Waals surface area contributed by atoms with E-state index in [1.807, 2.05) is 13.8 Å². The monoisotopic (exact) mass is 344 g/mol. The van der Waals surface area contributed by atoms with Gasteiger partial charge in [0, 0.05) is 19.7 Å². The Kier molecular flexibility index (Phi) is 10.8. The third-order valence-electron chi connectivity index (χ3n) is 2.64. The number of urea groups is 1. The smallest absolute Gasteiger partial charge is 0.319 e. The van der Waals surface area contributed by atoms with Crippen molar-refractivity contribution in [3.63, 3.8) is 0 Å². The number of rotatable bonds is 8. The molecule has 1 aromatic rings. The maximum absolute atomic E-state index is 11.8. The van der Waals surface area contributed by atoms with Gasteiger partial charge in [0.2, 0.25) is 5.91 Å². The topological polar surface area (TPSA) is 91.5 Å². The van der Waals surface area contributed by atoms with Crippen molar-refractivity contribution >= 4 is 35.7 Å². The molecule has 3 amide bonds. The van der Waals surface area contributed by atoms with Gasteiger partial charge < -0.3 is 26.0 Å². The van der Waals surface area contributed by atoms with Crippen LogP contribution in [0.2, 0.25) is 0 Å². The second-order valence-corrected chi connectivity index (χ2v) is 5.02. The first kappa shape index (κ1) is 21.2. The lowest BCUT2D eigenvalue weighted by atomic mass is 10.2. The van der Waals surface area contributed by atoms with Gasteiger partial charge in [-0.3, -0.25) is 4.79 Å². The van der Waals surface area contributed by atoms with E-state index < -0.39 is 0 Å². The predicted octanol–water partition coefficient (Wildman–Crippen LogP) is 1.81. The second kappa shape index (κ2) is 11.7. The molecule has 0 aliphatic heterocycles. The van der Waals surface area contributed by atoms with E-state index in [4.69, 9.17) is 4.74 Å². The average molecular weight is 345 g/mol. The summed E-state index contributed by atoms with van der Waals surface area (Å²) in [5.74, 6) is -0.186. The van der Waals surface area contributed by atoms with Crippen LogP contribution in [0.4, 0.5) is 16.2 Å². The molecule has 1 rings (SSSR count). The molecule has 4 N–H and O–H groups in total. The van der Waals surface area contributed by atoms with E-state index in [0.29, 0.717) is 24.5 Å². The Bertz CT molecular complexity index is 497. The number of carbonyl (C=O) groups excluding carboxylic acids is 2. The lowest BCUT2D eigenvalue weighted by Gasteiger charge is -2.14. The highest BCUT2D eigenvalue weighted by Gasteiger charge is 2.09. The maximum Gasteiger partial charge on any atom is 0.319 e. The average Bonchev–Trinajstić information content (AvgIpc) is 2.45. The fraction of sp³-hybridized carbons (Fsp3) is 0.467. The standard InChI is InChI=1S/C15H24N4O3.ClH/c1-11(2)17-15(21)19-13-7-5-4-6-12(13)18-14(20)10-16-8-9-22-3;/h4-7,11,16H,8-10H2,1-3H3,(H,18,20)(H2,17,19,21);1H. The Morgan fingerprint density at radius 2 is 1.74 bits per heavy atom. The molecule has 0 aliphatic carbocycles. The molecule has 23 heavy (non-hydrogen) atoms. The van der Waals surface area contributed by atoms with Crippen LogP contribution in [0.15, 0.2) is 24.3 Å². The highest BCUT2D eigenvalue weighted by molar-refractivity contribution is 5.99. The van der Waals surface area contributed by atoms with Gasteiger partial charge in [-0.05, 0) is 26.0 Å². The van der Waals surface area contributed by atoms with Crippen molar-refractivity contribution in [1.29, 1.82) is 0 Å². The third-order valence-corrected chi connectivity index (χ3v) is 2.64. The van der Waals surface area contributed by atoms with Crippen molar-refractivity contribution in [3.05, 3.63) is 24.3 Å². The molecule has 0 bridgehead atoms. The summed E-state index contributed by atoms with van der Waals surface area (Å²) < 4.78 is 4.89.